The number of aromatic nitrogens is 5. The molecule has 3 heterocycles. The first-order chi connectivity index (χ1) is 13.8. The predicted molar refractivity (Wildman–Crippen MR) is 113 cm³/mol. The molecule has 0 radical (unpaired) electrons. The van der Waals surface area contributed by atoms with Crippen LogP contribution in [0.2, 0.25) is 5.02 Å². The van der Waals surface area contributed by atoms with Crippen LogP contribution in [0.15, 0.2) is 60.9 Å². The zero-order valence-electron chi connectivity index (χ0n) is 14.9. The van der Waals surface area contributed by atoms with E-state index in [0.717, 1.165) is 52.1 Å². The fourth-order valence-corrected chi connectivity index (χ4v) is 3.48. The van der Waals surface area contributed by atoms with E-state index < -0.39 is 0 Å². The summed E-state index contributed by atoms with van der Waals surface area (Å²) in [6, 6.07) is 15.9. The summed E-state index contributed by atoms with van der Waals surface area (Å²) in [5.74, 6) is 0.734. The molecule has 5 rings (SSSR count). The first-order valence-corrected chi connectivity index (χ1v) is 9.40. The van der Waals surface area contributed by atoms with E-state index in [9.17, 15) is 0 Å². The molecular formula is C21H17ClN6. The van der Waals surface area contributed by atoms with Gasteiger partial charge in [0.1, 0.15) is 5.69 Å². The number of nitrogens with zero attached hydrogens (tertiary/aromatic N) is 3. The molecule has 0 fully saturated rings. The van der Waals surface area contributed by atoms with E-state index >= 15 is 0 Å². The Morgan fingerprint density at radius 3 is 2.75 bits per heavy atom. The average Bonchev–Trinajstić information content (AvgIpc) is 3.31. The van der Waals surface area contributed by atoms with Crippen molar-refractivity contribution >= 4 is 39.2 Å². The third kappa shape index (κ3) is 3.18. The molecule has 0 unspecified atom stereocenters. The maximum absolute atomic E-state index is 6.06. The van der Waals surface area contributed by atoms with E-state index in [2.05, 4.69) is 31.5 Å². The molecule has 0 amide bonds. The molecule has 138 valence electrons. The molecule has 5 aromatic rings. The average molecular weight is 389 g/mol. The van der Waals surface area contributed by atoms with Crippen LogP contribution in [0.4, 0.5) is 5.69 Å². The van der Waals surface area contributed by atoms with Crippen molar-refractivity contribution in [2.45, 2.75) is 6.42 Å². The Kier molecular flexibility index (Phi) is 4.18. The number of hydrogen-bond acceptors (Lipinski definition) is 4. The van der Waals surface area contributed by atoms with Crippen molar-refractivity contribution in [2.75, 3.05) is 11.9 Å². The van der Waals surface area contributed by atoms with Crippen LogP contribution in [0.25, 0.3) is 33.5 Å². The van der Waals surface area contributed by atoms with Gasteiger partial charge in [-0.1, -0.05) is 11.6 Å². The molecule has 0 saturated carbocycles. The molecule has 7 heteroatoms. The third-order valence-corrected chi connectivity index (χ3v) is 4.96. The minimum absolute atomic E-state index is 0.676. The molecule has 0 atom stereocenters. The minimum Gasteiger partial charge on any atom is -0.385 e. The number of imidazole rings is 1. The summed E-state index contributed by atoms with van der Waals surface area (Å²) in [5, 5.41) is 12.5. The number of hydrogen-bond donors (Lipinski definition) is 3. The summed E-state index contributed by atoms with van der Waals surface area (Å²) in [6.07, 6.45) is 4.58. The highest BCUT2D eigenvalue weighted by atomic mass is 35.5. The van der Waals surface area contributed by atoms with Crippen molar-refractivity contribution < 1.29 is 0 Å². The number of rotatable bonds is 5. The van der Waals surface area contributed by atoms with Gasteiger partial charge < -0.3 is 10.3 Å². The fourth-order valence-electron chi connectivity index (χ4n) is 3.30. The van der Waals surface area contributed by atoms with Crippen LogP contribution < -0.4 is 5.32 Å². The molecule has 2 aromatic carbocycles. The van der Waals surface area contributed by atoms with E-state index in [0.29, 0.717) is 5.02 Å². The number of anilines is 1. The standard InChI is InChI=1S/C21H17ClN6/c22-14-1-3-16-18(11-14)27-28-20(16)21-25-17-4-2-15(12-19(17)26-21)24-10-7-13-5-8-23-9-6-13/h1-6,8-9,11-12,24H,7,10H2,(H,25,26)(H,27,28). The molecule has 0 aliphatic rings. The van der Waals surface area contributed by atoms with Crippen molar-refractivity contribution in [1.29, 1.82) is 0 Å². The summed E-state index contributed by atoms with van der Waals surface area (Å²) in [4.78, 5) is 12.1. The maximum atomic E-state index is 6.06. The molecule has 0 aliphatic heterocycles. The Bertz CT molecular complexity index is 1260. The first-order valence-electron chi connectivity index (χ1n) is 9.03. The van der Waals surface area contributed by atoms with Gasteiger partial charge in [-0.15, -0.1) is 0 Å². The minimum atomic E-state index is 0.676. The molecule has 0 aliphatic carbocycles. The van der Waals surface area contributed by atoms with Crippen molar-refractivity contribution in [1.82, 2.24) is 25.1 Å². The number of halogens is 1. The highest BCUT2D eigenvalue weighted by Crippen LogP contribution is 2.28. The second-order valence-corrected chi connectivity index (χ2v) is 7.05. The molecule has 6 nitrogen and oxygen atoms in total. The van der Waals surface area contributed by atoms with Crippen LogP contribution in [0.3, 0.4) is 0 Å². The van der Waals surface area contributed by atoms with Crippen molar-refractivity contribution in [3.8, 4) is 11.5 Å². The quantitative estimate of drug-likeness (QED) is 0.403. The van der Waals surface area contributed by atoms with Crippen LogP contribution in [0, 0.1) is 0 Å². The molecule has 0 bridgehead atoms. The van der Waals surface area contributed by atoms with Gasteiger partial charge in [0.05, 0.1) is 16.6 Å². The zero-order valence-corrected chi connectivity index (χ0v) is 15.7. The van der Waals surface area contributed by atoms with E-state index in [1.807, 2.05) is 54.9 Å². The summed E-state index contributed by atoms with van der Waals surface area (Å²) >= 11 is 6.06. The summed E-state index contributed by atoms with van der Waals surface area (Å²) in [6.45, 7) is 0.848. The molecule has 28 heavy (non-hydrogen) atoms. The van der Waals surface area contributed by atoms with Crippen LogP contribution >= 0.6 is 11.6 Å². The van der Waals surface area contributed by atoms with Gasteiger partial charge in [-0.2, -0.15) is 5.10 Å². The van der Waals surface area contributed by atoms with Gasteiger partial charge in [0.2, 0.25) is 0 Å². The Balaban J connectivity index is 1.39. The smallest absolute Gasteiger partial charge is 0.159 e. The third-order valence-electron chi connectivity index (χ3n) is 4.72. The monoisotopic (exact) mass is 388 g/mol. The highest BCUT2D eigenvalue weighted by Gasteiger charge is 2.13. The second kappa shape index (κ2) is 6.98. The molecule has 3 aromatic heterocycles. The van der Waals surface area contributed by atoms with Gasteiger partial charge in [0, 0.05) is 35.0 Å². The number of fused-ring (bicyclic) bond motifs is 2. The first kappa shape index (κ1) is 16.8. The van der Waals surface area contributed by atoms with Gasteiger partial charge in [0.15, 0.2) is 5.82 Å². The predicted octanol–water partition coefficient (Wildman–Crippen LogP) is 4.81. The topological polar surface area (TPSA) is 82.3 Å². The SMILES string of the molecule is Clc1ccc2c(-c3nc4ccc(NCCc5ccncc5)cc4[nH]3)n[nH]c2c1. The molecule has 3 N–H and O–H groups in total. The zero-order chi connectivity index (χ0) is 18.9. The number of pyridine rings is 1. The Labute approximate surface area is 166 Å². The highest BCUT2D eigenvalue weighted by molar-refractivity contribution is 6.31. The second-order valence-electron chi connectivity index (χ2n) is 6.61. The summed E-state index contributed by atoms with van der Waals surface area (Å²) in [7, 11) is 0. The molecule has 0 saturated heterocycles. The number of nitrogens with one attached hydrogen (secondary N) is 3. The van der Waals surface area contributed by atoms with Gasteiger partial charge in [-0.05, 0) is 60.5 Å². The van der Waals surface area contributed by atoms with Crippen molar-refractivity contribution in [3.63, 3.8) is 0 Å². The Hall–Kier alpha value is -3.38. The van der Waals surface area contributed by atoms with Crippen LogP contribution in [-0.2, 0) is 6.42 Å². The van der Waals surface area contributed by atoms with Crippen molar-refractivity contribution in [2.24, 2.45) is 0 Å². The van der Waals surface area contributed by atoms with Gasteiger partial charge in [-0.25, -0.2) is 4.98 Å². The number of aromatic amines is 2. The van der Waals surface area contributed by atoms with Crippen LogP contribution in [0.5, 0.6) is 0 Å². The lowest BCUT2D eigenvalue weighted by molar-refractivity contribution is 1.01. The lowest BCUT2D eigenvalue weighted by atomic mass is 10.2. The molecule has 0 spiro atoms. The van der Waals surface area contributed by atoms with Crippen LogP contribution in [-0.4, -0.2) is 31.7 Å². The largest absolute Gasteiger partial charge is 0.385 e. The van der Waals surface area contributed by atoms with Crippen molar-refractivity contribution in [3.05, 3.63) is 71.5 Å². The summed E-state index contributed by atoms with van der Waals surface area (Å²) < 4.78 is 0. The normalized spacial score (nSPS) is 11.3. The lowest BCUT2D eigenvalue weighted by Gasteiger charge is -2.06. The van der Waals surface area contributed by atoms with E-state index in [-0.39, 0.29) is 0 Å². The van der Waals surface area contributed by atoms with Crippen LogP contribution in [0.1, 0.15) is 5.56 Å². The van der Waals surface area contributed by atoms with Gasteiger partial charge in [-0.3, -0.25) is 10.1 Å². The van der Waals surface area contributed by atoms with Gasteiger partial charge in [0.25, 0.3) is 0 Å². The molecular weight excluding hydrogens is 372 g/mol. The fraction of sp³-hybridized carbons (Fsp3) is 0.0952. The van der Waals surface area contributed by atoms with E-state index in [4.69, 9.17) is 16.6 Å². The Morgan fingerprint density at radius 2 is 1.86 bits per heavy atom. The maximum Gasteiger partial charge on any atom is 0.159 e. The van der Waals surface area contributed by atoms with E-state index in [1.165, 1.54) is 5.56 Å². The number of H-pyrrole nitrogens is 2. The Morgan fingerprint density at radius 1 is 0.964 bits per heavy atom. The van der Waals surface area contributed by atoms with Gasteiger partial charge >= 0.3 is 0 Å². The summed E-state index contributed by atoms with van der Waals surface area (Å²) in [5.41, 5.74) is 5.86. The van der Waals surface area contributed by atoms with E-state index in [1.54, 1.807) is 0 Å². The lowest BCUT2D eigenvalue weighted by Crippen LogP contribution is -2.04. The number of benzene rings is 2.